The Bertz CT molecular complexity index is 731. The lowest BCUT2D eigenvalue weighted by atomic mass is 10.2. The Kier molecular flexibility index (Phi) is 5.61. The molecule has 0 saturated carbocycles. The van der Waals surface area contributed by atoms with Crippen molar-refractivity contribution in [1.29, 1.82) is 0 Å². The average molecular weight is 339 g/mol. The van der Waals surface area contributed by atoms with Gasteiger partial charge in [0.1, 0.15) is 5.70 Å². The Balaban J connectivity index is 1.84. The van der Waals surface area contributed by atoms with E-state index in [1.54, 1.807) is 41.6 Å². The molecular weight excluding hydrogens is 318 g/mol. The number of carbonyl (C=O) groups is 2. The predicted molar refractivity (Wildman–Crippen MR) is 93.4 cm³/mol. The summed E-state index contributed by atoms with van der Waals surface area (Å²) in [5.74, 6) is -0.449. The van der Waals surface area contributed by atoms with Gasteiger partial charge in [0, 0.05) is 25.5 Å². The first kappa shape index (κ1) is 17.0. The van der Waals surface area contributed by atoms with Crippen molar-refractivity contribution in [3.8, 4) is 0 Å². The van der Waals surface area contributed by atoms with Gasteiger partial charge in [-0.3, -0.25) is 14.6 Å². The number of furan rings is 1. The Morgan fingerprint density at radius 3 is 2.56 bits per heavy atom. The summed E-state index contributed by atoms with van der Waals surface area (Å²) < 4.78 is 5.12. The molecule has 1 aliphatic heterocycles. The molecule has 6 nitrogen and oxygen atoms in total. The number of rotatable bonds is 4. The molecule has 0 spiro atoms. The maximum Gasteiger partial charge on any atom is 0.291 e. The van der Waals surface area contributed by atoms with Gasteiger partial charge in [-0.1, -0.05) is 18.9 Å². The molecule has 3 heterocycles. The highest BCUT2D eigenvalue weighted by molar-refractivity contribution is 6.04. The highest BCUT2D eigenvalue weighted by Gasteiger charge is 2.22. The van der Waals surface area contributed by atoms with E-state index < -0.39 is 5.91 Å². The lowest BCUT2D eigenvalue weighted by Crippen LogP contribution is -2.38. The van der Waals surface area contributed by atoms with Gasteiger partial charge < -0.3 is 14.6 Å². The molecule has 6 heteroatoms. The number of likely N-dealkylation sites (tertiary alicyclic amines) is 1. The molecule has 0 aliphatic carbocycles. The van der Waals surface area contributed by atoms with Crippen LogP contribution >= 0.6 is 0 Å². The van der Waals surface area contributed by atoms with Gasteiger partial charge in [-0.25, -0.2) is 0 Å². The fourth-order valence-corrected chi connectivity index (χ4v) is 2.82. The third kappa shape index (κ3) is 4.56. The minimum atomic E-state index is -0.441. The molecule has 0 atom stereocenters. The summed E-state index contributed by atoms with van der Waals surface area (Å²) in [5, 5.41) is 2.69. The van der Waals surface area contributed by atoms with E-state index in [1.165, 1.54) is 6.26 Å². The molecule has 25 heavy (non-hydrogen) atoms. The van der Waals surface area contributed by atoms with E-state index in [0.29, 0.717) is 13.1 Å². The number of aromatic nitrogens is 1. The van der Waals surface area contributed by atoms with E-state index in [1.807, 2.05) is 6.07 Å². The summed E-state index contributed by atoms with van der Waals surface area (Å²) in [6, 6.07) is 6.82. The van der Waals surface area contributed by atoms with Crippen molar-refractivity contribution in [2.45, 2.75) is 25.7 Å². The molecule has 0 unspecified atom stereocenters. The molecule has 3 rings (SSSR count). The SMILES string of the molecule is O=C(NC(=Cc1cccnc1)C(=O)N1CCCCCC1)c1ccco1. The fourth-order valence-electron chi connectivity index (χ4n) is 2.82. The van der Waals surface area contributed by atoms with Crippen LogP contribution in [0.5, 0.6) is 0 Å². The van der Waals surface area contributed by atoms with Gasteiger partial charge >= 0.3 is 0 Å². The second kappa shape index (κ2) is 8.28. The van der Waals surface area contributed by atoms with Crippen LogP contribution < -0.4 is 5.32 Å². The van der Waals surface area contributed by atoms with E-state index in [-0.39, 0.29) is 17.4 Å². The van der Waals surface area contributed by atoms with Crippen LogP contribution in [-0.4, -0.2) is 34.8 Å². The average Bonchev–Trinajstić information content (AvgIpc) is 3.04. The first-order valence-corrected chi connectivity index (χ1v) is 8.50. The second-order valence-electron chi connectivity index (χ2n) is 5.98. The standard InChI is InChI=1S/C19H21N3O3/c23-18(17-8-6-12-25-17)21-16(13-15-7-5-9-20-14-15)19(24)22-10-3-1-2-4-11-22/h5-9,12-14H,1-4,10-11H2,(H,21,23). The summed E-state index contributed by atoms with van der Waals surface area (Å²) in [4.78, 5) is 31.1. The smallest absolute Gasteiger partial charge is 0.291 e. The molecule has 1 N–H and O–H groups in total. The summed E-state index contributed by atoms with van der Waals surface area (Å²) in [6.07, 6.45) is 10.6. The lowest BCUT2D eigenvalue weighted by molar-refractivity contribution is -0.127. The zero-order chi connectivity index (χ0) is 17.5. The van der Waals surface area contributed by atoms with E-state index in [9.17, 15) is 9.59 Å². The van der Waals surface area contributed by atoms with Gasteiger partial charge in [0.15, 0.2) is 5.76 Å². The summed E-state index contributed by atoms with van der Waals surface area (Å²) >= 11 is 0. The van der Waals surface area contributed by atoms with Crippen LogP contribution in [-0.2, 0) is 4.79 Å². The molecule has 2 aromatic heterocycles. The van der Waals surface area contributed by atoms with Gasteiger partial charge in [-0.15, -0.1) is 0 Å². The number of carbonyl (C=O) groups excluding carboxylic acids is 2. The second-order valence-corrected chi connectivity index (χ2v) is 5.98. The van der Waals surface area contributed by atoms with Gasteiger partial charge in [0.2, 0.25) is 0 Å². The maximum atomic E-state index is 13.0. The highest BCUT2D eigenvalue weighted by Crippen LogP contribution is 2.14. The lowest BCUT2D eigenvalue weighted by Gasteiger charge is -2.22. The minimum absolute atomic E-state index is 0.167. The summed E-state index contributed by atoms with van der Waals surface area (Å²) in [7, 11) is 0. The summed E-state index contributed by atoms with van der Waals surface area (Å²) in [6.45, 7) is 1.42. The van der Waals surface area contributed by atoms with Crippen LogP contribution in [0, 0.1) is 0 Å². The van der Waals surface area contributed by atoms with Gasteiger partial charge in [0.05, 0.1) is 6.26 Å². The third-order valence-corrected chi connectivity index (χ3v) is 4.11. The molecule has 1 aliphatic rings. The van der Waals surface area contributed by atoms with Crippen molar-refractivity contribution in [2.24, 2.45) is 0 Å². The minimum Gasteiger partial charge on any atom is -0.459 e. The van der Waals surface area contributed by atoms with Crippen LogP contribution in [0.2, 0.25) is 0 Å². The number of hydrogen-bond acceptors (Lipinski definition) is 4. The van der Waals surface area contributed by atoms with Crippen LogP contribution in [0.3, 0.4) is 0 Å². The predicted octanol–water partition coefficient (Wildman–Crippen LogP) is 2.85. The van der Waals surface area contributed by atoms with Crippen molar-refractivity contribution in [3.05, 3.63) is 59.9 Å². The van der Waals surface area contributed by atoms with E-state index >= 15 is 0 Å². The van der Waals surface area contributed by atoms with E-state index in [2.05, 4.69) is 10.3 Å². The summed E-state index contributed by atoms with van der Waals surface area (Å²) in [5.41, 5.74) is 0.983. The number of pyridine rings is 1. The molecule has 1 fully saturated rings. The zero-order valence-electron chi connectivity index (χ0n) is 14.0. The Labute approximate surface area is 146 Å². The molecule has 0 radical (unpaired) electrons. The Morgan fingerprint density at radius 1 is 1.12 bits per heavy atom. The monoisotopic (exact) mass is 339 g/mol. The topological polar surface area (TPSA) is 75.4 Å². The normalized spacial score (nSPS) is 15.5. The third-order valence-electron chi connectivity index (χ3n) is 4.11. The van der Waals surface area contributed by atoms with Crippen LogP contribution in [0.1, 0.15) is 41.8 Å². The number of nitrogens with one attached hydrogen (secondary N) is 1. The van der Waals surface area contributed by atoms with Crippen molar-refractivity contribution in [3.63, 3.8) is 0 Å². The Morgan fingerprint density at radius 2 is 1.92 bits per heavy atom. The molecule has 2 amide bonds. The highest BCUT2D eigenvalue weighted by atomic mass is 16.3. The number of hydrogen-bond donors (Lipinski definition) is 1. The van der Waals surface area contributed by atoms with Gasteiger partial charge in [-0.2, -0.15) is 0 Å². The molecule has 0 bridgehead atoms. The molecule has 1 saturated heterocycles. The largest absolute Gasteiger partial charge is 0.459 e. The zero-order valence-corrected chi connectivity index (χ0v) is 14.0. The molecule has 130 valence electrons. The van der Waals surface area contributed by atoms with Crippen molar-refractivity contribution < 1.29 is 14.0 Å². The van der Waals surface area contributed by atoms with Crippen LogP contribution in [0.4, 0.5) is 0 Å². The molecular formula is C19H21N3O3. The van der Waals surface area contributed by atoms with Crippen molar-refractivity contribution in [1.82, 2.24) is 15.2 Å². The Hall–Kier alpha value is -2.89. The van der Waals surface area contributed by atoms with Crippen molar-refractivity contribution >= 4 is 17.9 Å². The van der Waals surface area contributed by atoms with E-state index in [4.69, 9.17) is 4.42 Å². The van der Waals surface area contributed by atoms with Gasteiger partial charge in [-0.05, 0) is 42.7 Å². The number of nitrogens with zero attached hydrogens (tertiary/aromatic N) is 2. The van der Waals surface area contributed by atoms with Crippen molar-refractivity contribution in [2.75, 3.05) is 13.1 Å². The molecule has 0 aromatic carbocycles. The van der Waals surface area contributed by atoms with Gasteiger partial charge in [0.25, 0.3) is 11.8 Å². The first-order valence-electron chi connectivity index (χ1n) is 8.50. The first-order chi connectivity index (χ1) is 12.2. The fraction of sp³-hybridized carbons (Fsp3) is 0.316. The van der Waals surface area contributed by atoms with E-state index in [0.717, 1.165) is 31.2 Å². The van der Waals surface area contributed by atoms with Crippen LogP contribution in [0.25, 0.3) is 6.08 Å². The van der Waals surface area contributed by atoms with Crippen LogP contribution in [0.15, 0.2) is 53.0 Å². The maximum absolute atomic E-state index is 13.0. The quantitative estimate of drug-likeness (QED) is 0.869. The molecule has 2 aromatic rings. The number of amides is 2.